The average molecular weight is 435 g/mol. The normalized spacial score (nSPS) is 14.5. The maximum Gasteiger partial charge on any atom is 0.416 e. The van der Waals surface area contributed by atoms with Crippen molar-refractivity contribution in [2.75, 3.05) is 6.54 Å². The molecule has 2 aromatic carbocycles. The summed E-state index contributed by atoms with van der Waals surface area (Å²) in [5, 5.41) is 4.15. The summed E-state index contributed by atoms with van der Waals surface area (Å²) in [7, 11) is 0. The fourth-order valence-electron chi connectivity index (χ4n) is 3.71. The second-order valence-electron chi connectivity index (χ2n) is 7.54. The Bertz CT molecular complexity index is 1140. The summed E-state index contributed by atoms with van der Waals surface area (Å²) in [5.41, 5.74) is 1.24. The highest BCUT2D eigenvalue weighted by Gasteiger charge is 2.30. The van der Waals surface area contributed by atoms with E-state index in [9.17, 15) is 26.7 Å². The first-order chi connectivity index (χ1) is 14.7. The number of rotatable bonds is 4. The Morgan fingerprint density at radius 1 is 0.935 bits per heavy atom. The Kier molecular flexibility index (Phi) is 5.62. The Morgan fingerprint density at radius 3 is 2.26 bits per heavy atom. The number of nitrogens with zero attached hydrogens (tertiary/aromatic N) is 3. The molecule has 0 spiro atoms. The van der Waals surface area contributed by atoms with Crippen LogP contribution in [0.4, 0.5) is 22.0 Å². The number of hydrogen-bond acceptors (Lipinski definition) is 3. The first-order valence-corrected chi connectivity index (χ1v) is 9.60. The molecule has 0 atom stereocenters. The molecule has 4 rings (SSSR count). The zero-order valence-corrected chi connectivity index (χ0v) is 16.3. The van der Waals surface area contributed by atoms with Crippen molar-refractivity contribution in [2.45, 2.75) is 32.2 Å². The van der Waals surface area contributed by atoms with Crippen LogP contribution in [0, 0.1) is 11.6 Å². The molecule has 3 aromatic rings. The molecule has 0 saturated carbocycles. The van der Waals surface area contributed by atoms with Crippen LogP contribution in [0.2, 0.25) is 0 Å². The Balaban J connectivity index is 1.52. The van der Waals surface area contributed by atoms with Gasteiger partial charge >= 0.3 is 6.18 Å². The zero-order chi connectivity index (χ0) is 22.2. The molecule has 162 valence electrons. The summed E-state index contributed by atoms with van der Waals surface area (Å²) in [6.45, 7) is 1.23. The fraction of sp³-hybridized carbons (Fsp3) is 0.273. The molecule has 1 aromatic heterocycles. The van der Waals surface area contributed by atoms with Crippen LogP contribution in [-0.2, 0) is 32.2 Å². The van der Waals surface area contributed by atoms with Crippen molar-refractivity contribution in [3.05, 3.63) is 98.5 Å². The van der Waals surface area contributed by atoms with Gasteiger partial charge in [-0.05, 0) is 47.4 Å². The lowest BCUT2D eigenvalue weighted by atomic mass is 10.0. The van der Waals surface area contributed by atoms with Crippen molar-refractivity contribution in [3.63, 3.8) is 0 Å². The van der Waals surface area contributed by atoms with Gasteiger partial charge in [0.05, 0.1) is 18.3 Å². The van der Waals surface area contributed by atoms with Crippen molar-refractivity contribution < 1.29 is 22.0 Å². The van der Waals surface area contributed by atoms with Crippen molar-refractivity contribution in [3.8, 4) is 0 Å². The summed E-state index contributed by atoms with van der Waals surface area (Å²) < 4.78 is 66.3. The van der Waals surface area contributed by atoms with E-state index in [2.05, 4.69) is 5.10 Å². The predicted molar refractivity (Wildman–Crippen MR) is 103 cm³/mol. The van der Waals surface area contributed by atoms with Gasteiger partial charge in [-0.2, -0.15) is 18.3 Å². The molecule has 0 bridgehead atoms. The van der Waals surface area contributed by atoms with Crippen LogP contribution >= 0.6 is 0 Å². The van der Waals surface area contributed by atoms with Crippen LogP contribution in [0.1, 0.15) is 27.8 Å². The van der Waals surface area contributed by atoms with Crippen LogP contribution in [0.3, 0.4) is 0 Å². The number of aromatic nitrogens is 2. The van der Waals surface area contributed by atoms with Crippen LogP contribution < -0.4 is 5.56 Å². The molecule has 0 aliphatic carbocycles. The lowest BCUT2D eigenvalue weighted by Crippen LogP contribution is -2.37. The first-order valence-electron chi connectivity index (χ1n) is 9.60. The lowest BCUT2D eigenvalue weighted by Gasteiger charge is -2.28. The van der Waals surface area contributed by atoms with Gasteiger partial charge in [-0.15, -0.1) is 0 Å². The van der Waals surface area contributed by atoms with E-state index in [1.807, 2.05) is 4.90 Å². The van der Waals surface area contributed by atoms with Crippen LogP contribution in [0.5, 0.6) is 0 Å². The molecule has 1 aliphatic rings. The van der Waals surface area contributed by atoms with Gasteiger partial charge in [-0.3, -0.25) is 9.69 Å². The molecule has 4 nitrogen and oxygen atoms in total. The Labute approximate surface area is 174 Å². The van der Waals surface area contributed by atoms with E-state index in [1.165, 1.54) is 28.9 Å². The largest absolute Gasteiger partial charge is 0.416 e. The van der Waals surface area contributed by atoms with Crippen molar-refractivity contribution in [1.29, 1.82) is 0 Å². The summed E-state index contributed by atoms with van der Waals surface area (Å²) in [6, 6.07) is 7.91. The molecule has 31 heavy (non-hydrogen) atoms. The molecule has 0 amide bonds. The van der Waals surface area contributed by atoms with E-state index in [0.29, 0.717) is 36.2 Å². The summed E-state index contributed by atoms with van der Waals surface area (Å²) >= 11 is 0. The molecule has 0 saturated heterocycles. The van der Waals surface area contributed by atoms with Crippen molar-refractivity contribution in [2.24, 2.45) is 0 Å². The molecular formula is C22H18F5N3O. The molecule has 0 unspecified atom stereocenters. The highest BCUT2D eigenvalue weighted by atomic mass is 19.4. The van der Waals surface area contributed by atoms with Gasteiger partial charge in [0.25, 0.3) is 5.56 Å². The second kappa shape index (κ2) is 8.22. The SMILES string of the molecule is O=c1c2c(cnn1Cc1ccc(C(F)(F)F)cc1)CCN(Cc1cc(F)cc(F)c1)C2. The third-order valence-corrected chi connectivity index (χ3v) is 5.25. The molecular weight excluding hydrogens is 417 g/mol. The third-order valence-electron chi connectivity index (χ3n) is 5.25. The summed E-state index contributed by atoms with van der Waals surface area (Å²) in [4.78, 5) is 14.8. The Morgan fingerprint density at radius 2 is 1.61 bits per heavy atom. The monoisotopic (exact) mass is 435 g/mol. The Hall–Kier alpha value is -3.07. The van der Waals surface area contributed by atoms with Crippen LogP contribution in [0.15, 0.2) is 53.5 Å². The molecule has 1 aliphatic heterocycles. The number of hydrogen-bond donors (Lipinski definition) is 0. The number of benzene rings is 2. The van der Waals surface area contributed by atoms with E-state index in [-0.39, 0.29) is 18.6 Å². The van der Waals surface area contributed by atoms with Gasteiger partial charge in [0.2, 0.25) is 0 Å². The topological polar surface area (TPSA) is 38.1 Å². The quantitative estimate of drug-likeness (QED) is 0.578. The predicted octanol–water partition coefficient (Wildman–Crippen LogP) is 4.15. The standard InChI is InChI=1S/C22H18F5N3O/c23-18-7-15(8-19(24)9-18)11-29-6-5-16-10-28-30(21(31)20(16)13-29)12-14-1-3-17(4-2-14)22(25,26)27/h1-4,7-10H,5-6,11-13H2. The number of fused-ring (bicyclic) bond motifs is 1. The zero-order valence-electron chi connectivity index (χ0n) is 16.3. The third kappa shape index (κ3) is 4.82. The number of halogens is 5. The van der Waals surface area contributed by atoms with Crippen LogP contribution in [0.25, 0.3) is 0 Å². The van der Waals surface area contributed by atoms with Gasteiger partial charge in [-0.1, -0.05) is 12.1 Å². The smallest absolute Gasteiger partial charge is 0.294 e. The van der Waals surface area contributed by atoms with E-state index >= 15 is 0 Å². The first kappa shape index (κ1) is 21.2. The minimum atomic E-state index is -4.42. The van der Waals surface area contributed by atoms with Crippen LogP contribution in [-0.4, -0.2) is 21.2 Å². The van der Waals surface area contributed by atoms with Gasteiger partial charge < -0.3 is 0 Å². The highest BCUT2D eigenvalue weighted by Crippen LogP contribution is 2.29. The van der Waals surface area contributed by atoms with E-state index in [4.69, 9.17) is 0 Å². The minimum absolute atomic E-state index is 0.0410. The molecule has 0 radical (unpaired) electrons. The van der Waals surface area contributed by atoms with Crippen molar-refractivity contribution >= 4 is 0 Å². The van der Waals surface area contributed by atoms with Crippen molar-refractivity contribution in [1.82, 2.24) is 14.7 Å². The molecule has 0 fully saturated rings. The van der Waals surface area contributed by atoms with E-state index < -0.39 is 23.4 Å². The number of alkyl halides is 3. The molecule has 2 heterocycles. The van der Waals surface area contributed by atoms with Gasteiger partial charge in [0.1, 0.15) is 11.6 Å². The molecule has 0 N–H and O–H groups in total. The molecule has 9 heteroatoms. The summed E-state index contributed by atoms with van der Waals surface area (Å²) in [6.07, 6.45) is -2.26. The maximum absolute atomic E-state index is 13.5. The van der Waals surface area contributed by atoms with E-state index in [1.54, 1.807) is 6.20 Å². The fourth-order valence-corrected chi connectivity index (χ4v) is 3.71. The average Bonchev–Trinajstić information content (AvgIpc) is 2.69. The van der Waals surface area contributed by atoms with Gasteiger partial charge in [-0.25, -0.2) is 13.5 Å². The van der Waals surface area contributed by atoms with Gasteiger partial charge in [0, 0.05) is 31.3 Å². The lowest BCUT2D eigenvalue weighted by molar-refractivity contribution is -0.137. The van der Waals surface area contributed by atoms with Gasteiger partial charge in [0.15, 0.2) is 0 Å². The highest BCUT2D eigenvalue weighted by molar-refractivity contribution is 5.27. The maximum atomic E-state index is 13.5. The second-order valence-corrected chi connectivity index (χ2v) is 7.54. The summed E-state index contributed by atoms with van der Waals surface area (Å²) in [5.74, 6) is -1.31. The minimum Gasteiger partial charge on any atom is -0.294 e. The van der Waals surface area contributed by atoms with E-state index in [0.717, 1.165) is 23.8 Å².